The average Bonchev–Trinajstić information content (AvgIpc) is 2.69. The van der Waals surface area contributed by atoms with Gasteiger partial charge in [-0.1, -0.05) is 55.8 Å². The zero-order valence-electron chi connectivity index (χ0n) is 16.3. The van der Waals surface area contributed by atoms with Gasteiger partial charge in [-0.2, -0.15) is 0 Å². The van der Waals surface area contributed by atoms with E-state index in [9.17, 15) is 4.39 Å². The van der Waals surface area contributed by atoms with Crippen LogP contribution in [0.2, 0.25) is 5.02 Å². The van der Waals surface area contributed by atoms with Crippen LogP contribution in [-0.4, -0.2) is 13.7 Å². The van der Waals surface area contributed by atoms with Crippen LogP contribution in [0.3, 0.4) is 0 Å². The predicted octanol–water partition coefficient (Wildman–Crippen LogP) is 6.65. The minimum atomic E-state index is -0.254. The lowest BCUT2D eigenvalue weighted by Crippen LogP contribution is -2.24. The molecule has 0 spiro atoms. The molecule has 0 fully saturated rings. The molecule has 2 nitrogen and oxygen atoms in total. The summed E-state index contributed by atoms with van der Waals surface area (Å²) in [5, 5.41) is 0.720. The van der Waals surface area contributed by atoms with Gasteiger partial charge in [0.05, 0.1) is 20.3 Å². The summed E-state index contributed by atoms with van der Waals surface area (Å²) in [6.07, 6.45) is 0. The molecule has 0 atom stereocenters. The first kappa shape index (κ1) is 20.4. The van der Waals surface area contributed by atoms with Crippen LogP contribution in [0, 0.1) is 5.82 Å². The summed E-state index contributed by atoms with van der Waals surface area (Å²) in [6.45, 7) is 5.22. The van der Waals surface area contributed by atoms with Gasteiger partial charge in [0.1, 0.15) is 11.6 Å². The molecule has 0 aliphatic rings. The number of hydrogen-bond acceptors (Lipinski definition) is 2. The summed E-state index contributed by atoms with van der Waals surface area (Å²) in [5.74, 6) is 0.489. The molecule has 0 heterocycles. The van der Waals surface area contributed by atoms with E-state index in [-0.39, 0.29) is 11.2 Å². The zero-order chi connectivity index (χ0) is 20.1. The highest BCUT2D eigenvalue weighted by atomic mass is 35.5. The molecule has 0 radical (unpaired) electrons. The van der Waals surface area contributed by atoms with Gasteiger partial charge in [-0.3, -0.25) is 0 Å². The molecule has 0 aromatic heterocycles. The Labute approximate surface area is 170 Å². The largest absolute Gasteiger partial charge is 0.497 e. The Bertz CT molecular complexity index is 918. The highest BCUT2D eigenvalue weighted by Gasteiger charge is 2.21. The molecule has 0 saturated carbocycles. The molecule has 0 saturated heterocycles. The van der Waals surface area contributed by atoms with Crippen LogP contribution in [0.15, 0.2) is 66.7 Å². The van der Waals surface area contributed by atoms with Gasteiger partial charge in [-0.15, -0.1) is 0 Å². The maximum Gasteiger partial charge on any atom is 0.131 e. The normalized spacial score (nSPS) is 11.5. The van der Waals surface area contributed by atoms with Gasteiger partial charge in [-0.05, 0) is 53.1 Å². The molecule has 0 N–H and O–H groups in total. The monoisotopic (exact) mass is 398 g/mol. The Morgan fingerprint density at radius 1 is 0.929 bits per heavy atom. The Kier molecular flexibility index (Phi) is 6.38. The molecular weight excluding hydrogens is 375 g/mol. The summed E-state index contributed by atoms with van der Waals surface area (Å²) in [7, 11) is 1.61. The first-order valence-corrected chi connectivity index (χ1v) is 9.53. The van der Waals surface area contributed by atoms with Crippen molar-refractivity contribution >= 4 is 11.6 Å². The Morgan fingerprint density at radius 2 is 1.61 bits per heavy atom. The molecule has 0 bridgehead atoms. The van der Waals surface area contributed by atoms with Crippen LogP contribution >= 0.6 is 11.6 Å². The maximum atomic E-state index is 14.3. The van der Waals surface area contributed by atoms with Crippen molar-refractivity contribution in [2.75, 3.05) is 13.7 Å². The maximum absolute atomic E-state index is 14.3. The molecule has 3 rings (SSSR count). The molecule has 0 unspecified atom stereocenters. The quantitative estimate of drug-likeness (QED) is 0.443. The second-order valence-electron chi connectivity index (χ2n) is 7.43. The average molecular weight is 399 g/mol. The Morgan fingerprint density at radius 3 is 2.25 bits per heavy atom. The van der Waals surface area contributed by atoms with Gasteiger partial charge in [0.15, 0.2) is 0 Å². The molecule has 0 aliphatic heterocycles. The van der Waals surface area contributed by atoms with Crippen molar-refractivity contribution in [3.05, 3.63) is 88.7 Å². The van der Waals surface area contributed by atoms with Crippen LogP contribution in [0.1, 0.15) is 25.0 Å². The first-order valence-electron chi connectivity index (χ1n) is 9.16. The lowest BCUT2D eigenvalue weighted by Gasteiger charge is -2.25. The number of ether oxygens (including phenoxy) is 2. The number of rotatable bonds is 7. The van der Waals surface area contributed by atoms with E-state index < -0.39 is 0 Å². The van der Waals surface area contributed by atoms with Crippen LogP contribution in [0.25, 0.3) is 11.1 Å². The first-order chi connectivity index (χ1) is 13.4. The SMILES string of the molecule is COc1ccc(-c2cc(COCC(C)(C)c3ccc(Cl)cc3)ccc2F)cc1. The second kappa shape index (κ2) is 8.76. The Hall–Kier alpha value is -2.36. The van der Waals surface area contributed by atoms with Gasteiger partial charge < -0.3 is 9.47 Å². The van der Waals surface area contributed by atoms with Crippen LogP contribution in [0.5, 0.6) is 5.75 Å². The number of hydrogen-bond donors (Lipinski definition) is 0. The molecule has 28 heavy (non-hydrogen) atoms. The van der Waals surface area contributed by atoms with E-state index in [4.69, 9.17) is 21.1 Å². The van der Waals surface area contributed by atoms with Crippen LogP contribution in [-0.2, 0) is 16.8 Å². The minimum Gasteiger partial charge on any atom is -0.497 e. The van der Waals surface area contributed by atoms with Crippen molar-refractivity contribution in [3.63, 3.8) is 0 Å². The Balaban J connectivity index is 1.68. The number of benzene rings is 3. The molecule has 146 valence electrons. The molecule has 3 aromatic rings. The van der Waals surface area contributed by atoms with Gasteiger partial charge in [0.2, 0.25) is 0 Å². The third-order valence-electron chi connectivity index (χ3n) is 4.79. The van der Waals surface area contributed by atoms with Gasteiger partial charge in [-0.25, -0.2) is 4.39 Å². The van der Waals surface area contributed by atoms with Crippen molar-refractivity contribution in [2.24, 2.45) is 0 Å². The lowest BCUT2D eigenvalue weighted by molar-refractivity contribution is 0.0825. The van der Waals surface area contributed by atoms with E-state index in [0.29, 0.717) is 18.8 Å². The molecular formula is C24H24ClFO2. The fraction of sp³-hybridized carbons (Fsp3) is 0.250. The fourth-order valence-corrected chi connectivity index (χ4v) is 3.19. The summed E-state index contributed by atoms with van der Waals surface area (Å²) >= 11 is 5.97. The third kappa shape index (κ3) is 4.92. The molecule has 0 amide bonds. The highest BCUT2D eigenvalue weighted by molar-refractivity contribution is 6.30. The van der Waals surface area contributed by atoms with E-state index in [1.54, 1.807) is 13.2 Å². The topological polar surface area (TPSA) is 18.5 Å². The van der Waals surface area contributed by atoms with E-state index in [2.05, 4.69) is 13.8 Å². The van der Waals surface area contributed by atoms with Gasteiger partial charge >= 0.3 is 0 Å². The number of methoxy groups -OCH3 is 1. The predicted molar refractivity (Wildman–Crippen MR) is 113 cm³/mol. The van der Waals surface area contributed by atoms with Crippen LogP contribution in [0.4, 0.5) is 4.39 Å². The standard InChI is InChI=1S/C24H24ClFO2/c1-24(2,19-7-9-20(25)10-8-19)16-28-15-17-4-13-23(26)22(14-17)18-5-11-21(27-3)12-6-18/h4-14H,15-16H2,1-3H3. The summed E-state index contributed by atoms with van der Waals surface area (Å²) < 4.78 is 25.4. The molecule has 3 aromatic carbocycles. The summed E-state index contributed by atoms with van der Waals surface area (Å²) in [5.41, 5.74) is 3.31. The van der Waals surface area contributed by atoms with Gasteiger partial charge in [0.25, 0.3) is 0 Å². The van der Waals surface area contributed by atoms with E-state index in [1.165, 1.54) is 6.07 Å². The molecule has 0 aliphatic carbocycles. The van der Waals surface area contributed by atoms with E-state index in [1.807, 2.05) is 54.6 Å². The van der Waals surface area contributed by atoms with Crippen molar-refractivity contribution in [3.8, 4) is 16.9 Å². The van der Waals surface area contributed by atoms with E-state index >= 15 is 0 Å². The number of halogens is 2. The highest BCUT2D eigenvalue weighted by Crippen LogP contribution is 2.28. The minimum absolute atomic E-state index is 0.149. The van der Waals surface area contributed by atoms with Crippen LogP contribution < -0.4 is 4.74 Å². The third-order valence-corrected chi connectivity index (χ3v) is 5.04. The van der Waals surface area contributed by atoms with Crippen molar-refractivity contribution in [2.45, 2.75) is 25.9 Å². The van der Waals surface area contributed by atoms with Crippen molar-refractivity contribution in [1.29, 1.82) is 0 Å². The van der Waals surface area contributed by atoms with Crippen molar-refractivity contribution < 1.29 is 13.9 Å². The smallest absolute Gasteiger partial charge is 0.131 e. The second-order valence-corrected chi connectivity index (χ2v) is 7.86. The fourth-order valence-electron chi connectivity index (χ4n) is 3.06. The van der Waals surface area contributed by atoms with E-state index in [0.717, 1.165) is 27.5 Å². The molecule has 4 heteroatoms. The van der Waals surface area contributed by atoms with Gasteiger partial charge in [0, 0.05) is 16.0 Å². The van der Waals surface area contributed by atoms with Crippen molar-refractivity contribution in [1.82, 2.24) is 0 Å². The summed E-state index contributed by atoms with van der Waals surface area (Å²) in [6, 6.07) is 20.3. The lowest BCUT2D eigenvalue weighted by atomic mass is 9.86. The summed E-state index contributed by atoms with van der Waals surface area (Å²) in [4.78, 5) is 0. The zero-order valence-corrected chi connectivity index (χ0v) is 17.1.